The van der Waals surface area contributed by atoms with Crippen LogP contribution in [0, 0.1) is 6.92 Å². The number of nitrogens with zero attached hydrogens (tertiary/aromatic N) is 1. The summed E-state index contributed by atoms with van der Waals surface area (Å²) in [4.78, 5) is 15.4. The van der Waals surface area contributed by atoms with Crippen LogP contribution in [0.1, 0.15) is 15.9 Å². The molecule has 6 nitrogen and oxygen atoms in total. The molecule has 0 saturated heterocycles. The van der Waals surface area contributed by atoms with Crippen molar-refractivity contribution < 1.29 is 9.53 Å². The van der Waals surface area contributed by atoms with Gasteiger partial charge in [0.25, 0.3) is 5.91 Å². The predicted molar refractivity (Wildman–Crippen MR) is 83.2 cm³/mol. The Morgan fingerprint density at radius 3 is 2.71 bits per heavy atom. The second-order valence-electron chi connectivity index (χ2n) is 4.45. The summed E-state index contributed by atoms with van der Waals surface area (Å²) in [5.41, 5.74) is 12.9. The highest BCUT2D eigenvalue weighted by Crippen LogP contribution is 2.33. The molecule has 1 amide bonds. The predicted octanol–water partition coefficient (Wildman–Crippen LogP) is 2.48. The Morgan fingerprint density at radius 1 is 1.38 bits per heavy atom. The molecule has 2 aromatic rings. The third-order valence-electron chi connectivity index (χ3n) is 2.94. The standard InChI is InChI=1S/C14H15ClN4O2/c1-7-3-11(12(21-2)5-9(7)15)19-13-4-8(14(17)20)10(16)6-18-13/h3-6H,16H2,1-2H3,(H2,17,20)(H,18,19). The van der Waals surface area contributed by atoms with Gasteiger partial charge in [-0.05, 0) is 24.6 Å². The summed E-state index contributed by atoms with van der Waals surface area (Å²) in [6.45, 7) is 1.87. The van der Waals surface area contributed by atoms with Crippen molar-refractivity contribution in [2.45, 2.75) is 6.92 Å². The number of nitrogens with one attached hydrogen (secondary N) is 1. The number of hydrogen-bond acceptors (Lipinski definition) is 5. The summed E-state index contributed by atoms with van der Waals surface area (Å²) in [6, 6.07) is 5.01. The van der Waals surface area contributed by atoms with Gasteiger partial charge in [0.05, 0.1) is 30.2 Å². The van der Waals surface area contributed by atoms with Gasteiger partial charge in [-0.3, -0.25) is 4.79 Å². The van der Waals surface area contributed by atoms with E-state index in [1.165, 1.54) is 19.4 Å². The van der Waals surface area contributed by atoms with E-state index >= 15 is 0 Å². The number of nitrogen functional groups attached to an aromatic ring is 1. The lowest BCUT2D eigenvalue weighted by Gasteiger charge is -2.13. The smallest absolute Gasteiger partial charge is 0.250 e. The SMILES string of the molecule is COc1cc(Cl)c(C)cc1Nc1cc(C(N)=O)c(N)cn1. The molecule has 0 bridgehead atoms. The van der Waals surface area contributed by atoms with Crippen molar-refractivity contribution in [2.24, 2.45) is 5.73 Å². The minimum Gasteiger partial charge on any atom is -0.495 e. The summed E-state index contributed by atoms with van der Waals surface area (Å²) in [7, 11) is 1.54. The molecular formula is C14H15ClN4O2. The van der Waals surface area contributed by atoms with E-state index in [1.807, 2.05) is 13.0 Å². The summed E-state index contributed by atoms with van der Waals surface area (Å²) in [5.74, 6) is 0.375. The number of nitrogens with two attached hydrogens (primary N) is 2. The van der Waals surface area contributed by atoms with Gasteiger partial charge < -0.3 is 21.5 Å². The van der Waals surface area contributed by atoms with E-state index in [0.717, 1.165) is 5.56 Å². The average Bonchev–Trinajstić information content (AvgIpc) is 2.44. The Morgan fingerprint density at radius 2 is 2.10 bits per heavy atom. The fraction of sp³-hybridized carbons (Fsp3) is 0.143. The number of anilines is 3. The van der Waals surface area contributed by atoms with Crippen LogP contribution in [0.25, 0.3) is 0 Å². The molecule has 0 fully saturated rings. The van der Waals surface area contributed by atoms with Crippen molar-refractivity contribution in [1.82, 2.24) is 4.98 Å². The molecule has 0 aliphatic rings. The van der Waals surface area contributed by atoms with Crippen LogP contribution in [0.4, 0.5) is 17.2 Å². The Balaban J connectivity index is 2.40. The van der Waals surface area contributed by atoms with E-state index in [-0.39, 0.29) is 11.3 Å². The second-order valence-corrected chi connectivity index (χ2v) is 4.85. The van der Waals surface area contributed by atoms with Crippen molar-refractivity contribution in [3.05, 3.63) is 40.5 Å². The number of rotatable bonds is 4. The van der Waals surface area contributed by atoms with Gasteiger partial charge in [-0.15, -0.1) is 0 Å². The number of aryl methyl sites for hydroxylation is 1. The zero-order valence-electron chi connectivity index (χ0n) is 11.6. The van der Waals surface area contributed by atoms with Crippen molar-refractivity contribution in [3.8, 4) is 5.75 Å². The number of ether oxygens (including phenoxy) is 1. The number of benzene rings is 1. The monoisotopic (exact) mass is 306 g/mol. The number of hydrogen-bond donors (Lipinski definition) is 3. The molecule has 110 valence electrons. The Hall–Kier alpha value is -2.47. The minimum atomic E-state index is -0.614. The number of carbonyl (C=O) groups is 1. The first kappa shape index (κ1) is 14.9. The molecule has 2 rings (SSSR count). The lowest BCUT2D eigenvalue weighted by molar-refractivity contribution is 0.100. The van der Waals surface area contributed by atoms with E-state index in [1.54, 1.807) is 6.07 Å². The van der Waals surface area contributed by atoms with Gasteiger partial charge in [0.2, 0.25) is 0 Å². The lowest BCUT2D eigenvalue weighted by Crippen LogP contribution is -2.14. The number of carbonyl (C=O) groups excluding carboxylic acids is 1. The molecule has 0 radical (unpaired) electrons. The van der Waals surface area contributed by atoms with Crippen LogP contribution >= 0.6 is 11.6 Å². The van der Waals surface area contributed by atoms with Crippen LogP contribution in [0.2, 0.25) is 5.02 Å². The maximum Gasteiger partial charge on any atom is 0.250 e. The van der Waals surface area contributed by atoms with E-state index in [0.29, 0.717) is 22.3 Å². The summed E-state index contributed by atoms with van der Waals surface area (Å²) >= 11 is 6.05. The highest BCUT2D eigenvalue weighted by atomic mass is 35.5. The fourth-order valence-corrected chi connectivity index (χ4v) is 1.97. The topological polar surface area (TPSA) is 103 Å². The van der Waals surface area contributed by atoms with Gasteiger partial charge in [-0.25, -0.2) is 4.98 Å². The van der Waals surface area contributed by atoms with Crippen LogP contribution in [0.3, 0.4) is 0 Å². The zero-order valence-corrected chi connectivity index (χ0v) is 12.4. The van der Waals surface area contributed by atoms with Crippen LogP contribution in [0.5, 0.6) is 5.75 Å². The van der Waals surface area contributed by atoms with Gasteiger partial charge in [0.1, 0.15) is 11.6 Å². The Labute approximate surface area is 127 Å². The molecule has 7 heteroatoms. The van der Waals surface area contributed by atoms with Crippen LogP contribution in [0.15, 0.2) is 24.4 Å². The molecular weight excluding hydrogens is 292 g/mol. The van der Waals surface area contributed by atoms with E-state index in [4.69, 9.17) is 27.8 Å². The first-order valence-corrected chi connectivity index (χ1v) is 6.46. The van der Waals surface area contributed by atoms with Crippen LogP contribution in [-0.4, -0.2) is 18.0 Å². The summed E-state index contributed by atoms with van der Waals surface area (Å²) in [5, 5.41) is 3.65. The molecule has 0 aliphatic heterocycles. The Bertz CT molecular complexity index is 704. The van der Waals surface area contributed by atoms with E-state index < -0.39 is 5.91 Å². The number of aromatic nitrogens is 1. The van der Waals surface area contributed by atoms with Crippen molar-refractivity contribution in [1.29, 1.82) is 0 Å². The highest BCUT2D eigenvalue weighted by Gasteiger charge is 2.11. The third-order valence-corrected chi connectivity index (χ3v) is 3.35. The number of halogens is 1. The average molecular weight is 307 g/mol. The molecule has 5 N–H and O–H groups in total. The molecule has 0 saturated carbocycles. The van der Waals surface area contributed by atoms with E-state index in [2.05, 4.69) is 10.3 Å². The molecule has 1 heterocycles. The van der Waals surface area contributed by atoms with Crippen molar-refractivity contribution in [3.63, 3.8) is 0 Å². The van der Waals surface area contributed by atoms with Crippen LogP contribution < -0.4 is 21.5 Å². The van der Waals surface area contributed by atoms with E-state index in [9.17, 15) is 4.79 Å². The maximum absolute atomic E-state index is 11.3. The van der Waals surface area contributed by atoms with Crippen LogP contribution in [-0.2, 0) is 0 Å². The second kappa shape index (κ2) is 5.88. The largest absolute Gasteiger partial charge is 0.495 e. The van der Waals surface area contributed by atoms with Crippen molar-refractivity contribution in [2.75, 3.05) is 18.2 Å². The summed E-state index contributed by atoms with van der Waals surface area (Å²) in [6.07, 6.45) is 1.37. The summed E-state index contributed by atoms with van der Waals surface area (Å²) < 4.78 is 5.26. The minimum absolute atomic E-state index is 0.206. The fourth-order valence-electron chi connectivity index (χ4n) is 1.82. The highest BCUT2D eigenvalue weighted by molar-refractivity contribution is 6.31. The number of pyridine rings is 1. The van der Waals surface area contributed by atoms with Gasteiger partial charge >= 0.3 is 0 Å². The molecule has 0 atom stereocenters. The molecule has 21 heavy (non-hydrogen) atoms. The number of methoxy groups -OCH3 is 1. The molecule has 1 aromatic carbocycles. The molecule has 0 unspecified atom stereocenters. The third kappa shape index (κ3) is 3.17. The number of amides is 1. The van der Waals surface area contributed by atoms with Crippen molar-refractivity contribution >= 4 is 34.7 Å². The molecule has 0 spiro atoms. The molecule has 0 aliphatic carbocycles. The normalized spacial score (nSPS) is 10.2. The number of primary amides is 1. The molecule has 1 aromatic heterocycles. The quantitative estimate of drug-likeness (QED) is 0.805. The van der Waals surface area contributed by atoms with Gasteiger partial charge in [0, 0.05) is 11.1 Å². The van der Waals surface area contributed by atoms with Gasteiger partial charge in [-0.1, -0.05) is 11.6 Å². The maximum atomic E-state index is 11.3. The Kier molecular flexibility index (Phi) is 4.18. The zero-order chi connectivity index (χ0) is 15.6. The first-order valence-electron chi connectivity index (χ1n) is 6.09. The van der Waals surface area contributed by atoms with Gasteiger partial charge in [-0.2, -0.15) is 0 Å². The lowest BCUT2D eigenvalue weighted by atomic mass is 10.2. The first-order chi connectivity index (χ1) is 9.92. The van der Waals surface area contributed by atoms with Gasteiger partial charge in [0.15, 0.2) is 0 Å².